The maximum absolute atomic E-state index is 8.91. The highest BCUT2D eigenvalue weighted by Gasteiger charge is 2.19. The molecule has 3 rings (SSSR count). The first-order valence-electron chi connectivity index (χ1n) is 17.0. The van der Waals surface area contributed by atoms with E-state index in [1.165, 1.54) is 11.3 Å². The highest BCUT2D eigenvalue weighted by Crippen LogP contribution is 2.26. The van der Waals surface area contributed by atoms with E-state index in [9.17, 15) is 0 Å². The van der Waals surface area contributed by atoms with E-state index in [2.05, 4.69) is 108 Å². The molecule has 8 heteroatoms. The largest absolute Gasteiger partial charge is 0.371 e. The summed E-state index contributed by atoms with van der Waals surface area (Å²) in [5.41, 5.74) is 7.43. The maximum atomic E-state index is 8.91. The SMILES string of the molecule is C#CC.C/C=C\C.C/C=C\N1NC=NC(=Nc2ccc(N(C)C/C=C/C(C)C)c(C)c2)/C1=C\CN1CCCN(CCC#N)CC1.CC. The molecule has 0 saturated carbocycles. The van der Waals surface area contributed by atoms with Crippen LogP contribution < -0.4 is 10.3 Å². The predicted molar refractivity (Wildman–Crippen MR) is 206 cm³/mol. The lowest BCUT2D eigenvalue weighted by molar-refractivity contribution is 0.272. The number of anilines is 1. The number of allylic oxidation sites excluding steroid dienone is 4. The molecule has 1 N–H and O–H groups in total. The first-order valence-corrected chi connectivity index (χ1v) is 17.0. The van der Waals surface area contributed by atoms with E-state index >= 15 is 0 Å². The summed E-state index contributed by atoms with van der Waals surface area (Å²) in [6.45, 7) is 24.8. The van der Waals surface area contributed by atoms with E-state index in [-0.39, 0.29) is 0 Å². The number of nitrogens with one attached hydrogen (secondary N) is 1. The highest BCUT2D eigenvalue weighted by atomic mass is 15.5. The second-order valence-electron chi connectivity index (χ2n) is 11.1. The molecule has 0 aromatic heterocycles. The van der Waals surface area contributed by atoms with Crippen molar-refractivity contribution in [1.29, 1.82) is 5.26 Å². The summed E-state index contributed by atoms with van der Waals surface area (Å²) in [5.74, 6) is 3.49. The number of benzene rings is 1. The van der Waals surface area contributed by atoms with E-state index < -0.39 is 0 Å². The van der Waals surface area contributed by atoms with Crippen molar-refractivity contribution < 1.29 is 0 Å². The van der Waals surface area contributed by atoms with Crippen molar-refractivity contribution in [2.24, 2.45) is 15.9 Å². The average Bonchev–Trinajstić information content (AvgIpc) is 3.30. The van der Waals surface area contributed by atoms with Crippen LogP contribution in [0.3, 0.4) is 0 Å². The van der Waals surface area contributed by atoms with Crippen molar-refractivity contribution in [1.82, 2.24) is 20.2 Å². The number of hydrogen-bond donors (Lipinski definition) is 1. The van der Waals surface area contributed by atoms with Crippen molar-refractivity contribution in [3.05, 3.63) is 72.1 Å². The van der Waals surface area contributed by atoms with Crippen LogP contribution in [0.2, 0.25) is 0 Å². The van der Waals surface area contributed by atoms with Gasteiger partial charge in [0, 0.05) is 58.1 Å². The molecule has 0 spiro atoms. The first-order chi connectivity index (χ1) is 22.7. The number of aryl methyl sites for hydroxylation is 1. The van der Waals surface area contributed by atoms with E-state index in [0.29, 0.717) is 18.2 Å². The molecule has 2 aliphatic rings. The van der Waals surface area contributed by atoms with Gasteiger partial charge < -0.3 is 9.80 Å². The minimum Gasteiger partial charge on any atom is -0.371 e. The Hall–Kier alpha value is -4.11. The topological polar surface area (TPSA) is 73.5 Å². The number of hydrazine groups is 1. The lowest BCUT2D eigenvalue weighted by Gasteiger charge is -2.27. The minimum absolute atomic E-state index is 0.557. The van der Waals surface area contributed by atoms with Gasteiger partial charge in [-0.3, -0.25) is 15.3 Å². The van der Waals surface area contributed by atoms with Gasteiger partial charge in [0.05, 0.1) is 11.8 Å². The van der Waals surface area contributed by atoms with Crippen molar-refractivity contribution in [3.8, 4) is 18.4 Å². The molecule has 0 aliphatic carbocycles. The third kappa shape index (κ3) is 18.0. The third-order valence-corrected chi connectivity index (χ3v) is 6.99. The molecule has 0 atom stereocenters. The second kappa shape index (κ2) is 27.0. The summed E-state index contributed by atoms with van der Waals surface area (Å²) in [6, 6.07) is 8.61. The van der Waals surface area contributed by atoms with Crippen LogP contribution in [0, 0.1) is 36.5 Å². The van der Waals surface area contributed by atoms with Crippen LogP contribution in [-0.2, 0) is 0 Å². The summed E-state index contributed by atoms with van der Waals surface area (Å²) < 4.78 is 0. The molecule has 258 valence electrons. The smallest absolute Gasteiger partial charge is 0.179 e. The Morgan fingerprint density at radius 3 is 2.34 bits per heavy atom. The standard InChI is InChI=1S/C30H44N8.C4H8.C3H4.C2H6/c1-6-15-38-29(13-20-37-19-9-18-36(21-22-37)17-8-14-31)30(32-24-33-38)34-27-11-12-28(26(4)23-27)35(5)16-7-10-25(2)3;1-3-4-2;1-3-2;1-2/h6-7,10-13,15,23-25H,8-9,16-22H2,1-5H3,(H,32,33,34);3-4H,1-2H3;1H,2H3;1-2H3/b10-7+,15-6-,29-13+;4-3-;;. The molecule has 1 fully saturated rings. The summed E-state index contributed by atoms with van der Waals surface area (Å²) >= 11 is 0. The molecule has 0 radical (unpaired) electrons. The van der Waals surface area contributed by atoms with Gasteiger partial charge in [-0.1, -0.05) is 58.1 Å². The highest BCUT2D eigenvalue weighted by molar-refractivity contribution is 6.05. The summed E-state index contributed by atoms with van der Waals surface area (Å²) in [5, 5.41) is 10.9. The monoisotopic (exact) mass is 643 g/mol. The fourth-order valence-corrected chi connectivity index (χ4v) is 4.65. The van der Waals surface area contributed by atoms with E-state index in [1.807, 2.05) is 64.1 Å². The fraction of sp³-hybridized carbons (Fsp3) is 0.513. The number of aliphatic imine (C=N–C) groups is 2. The Bertz CT molecular complexity index is 1250. The van der Waals surface area contributed by atoms with Gasteiger partial charge >= 0.3 is 0 Å². The number of amidine groups is 1. The number of rotatable bonds is 10. The van der Waals surface area contributed by atoms with Crippen LogP contribution in [0.25, 0.3) is 0 Å². The van der Waals surface area contributed by atoms with Crippen molar-refractivity contribution in [2.45, 2.75) is 75.2 Å². The van der Waals surface area contributed by atoms with Gasteiger partial charge in [-0.05, 0) is 89.9 Å². The van der Waals surface area contributed by atoms with E-state index in [0.717, 1.165) is 63.6 Å². The molecule has 0 amide bonds. The van der Waals surface area contributed by atoms with Crippen LogP contribution in [0.4, 0.5) is 11.4 Å². The maximum Gasteiger partial charge on any atom is 0.179 e. The van der Waals surface area contributed by atoms with Crippen LogP contribution in [0.5, 0.6) is 0 Å². The Kier molecular flexibility index (Phi) is 24.7. The number of nitrogens with zero attached hydrogens (tertiary/aromatic N) is 7. The molecule has 47 heavy (non-hydrogen) atoms. The summed E-state index contributed by atoms with van der Waals surface area (Å²) in [4.78, 5) is 16.7. The number of terminal acetylenes is 1. The van der Waals surface area contributed by atoms with Crippen LogP contribution >= 0.6 is 0 Å². The Morgan fingerprint density at radius 2 is 1.74 bits per heavy atom. The molecule has 1 saturated heterocycles. The zero-order valence-electron chi connectivity index (χ0n) is 31.0. The fourth-order valence-electron chi connectivity index (χ4n) is 4.65. The molecular formula is C39H62N8. The Balaban J connectivity index is 0.00000211. The molecule has 0 unspecified atom stereocenters. The molecule has 8 nitrogen and oxygen atoms in total. The lowest BCUT2D eigenvalue weighted by Crippen LogP contribution is -2.39. The Labute approximate surface area is 287 Å². The molecule has 2 heterocycles. The minimum atomic E-state index is 0.557. The first kappa shape index (κ1) is 42.9. The van der Waals surface area contributed by atoms with Gasteiger partial charge in [0.1, 0.15) is 12.0 Å². The number of likely N-dealkylation sites (N-methyl/N-ethyl adjacent to an activating group) is 1. The number of hydrogen-bond acceptors (Lipinski definition) is 7. The van der Waals surface area contributed by atoms with Gasteiger partial charge in [0.25, 0.3) is 0 Å². The van der Waals surface area contributed by atoms with Gasteiger partial charge in [0.15, 0.2) is 5.84 Å². The second-order valence-corrected chi connectivity index (χ2v) is 11.1. The molecule has 1 aromatic carbocycles. The summed E-state index contributed by atoms with van der Waals surface area (Å²) in [6.07, 6.45) is 22.7. The number of nitriles is 1. The molecule has 2 aliphatic heterocycles. The summed E-state index contributed by atoms with van der Waals surface area (Å²) in [7, 11) is 2.12. The normalized spacial score (nSPS) is 16.9. The zero-order valence-corrected chi connectivity index (χ0v) is 31.0. The Morgan fingerprint density at radius 1 is 1.09 bits per heavy atom. The van der Waals surface area contributed by atoms with Gasteiger partial charge in [-0.2, -0.15) is 5.26 Å². The van der Waals surface area contributed by atoms with Crippen molar-refractivity contribution >= 4 is 23.5 Å². The van der Waals surface area contributed by atoms with Crippen LogP contribution in [0.1, 0.15) is 73.8 Å². The van der Waals surface area contributed by atoms with Crippen LogP contribution in [-0.4, -0.2) is 79.8 Å². The molecule has 1 aromatic rings. The van der Waals surface area contributed by atoms with E-state index in [4.69, 9.17) is 10.3 Å². The zero-order chi connectivity index (χ0) is 35.5. The van der Waals surface area contributed by atoms with Crippen molar-refractivity contribution in [3.63, 3.8) is 0 Å². The van der Waals surface area contributed by atoms with E-state index in [1.54, 1.807) is 13.3 Å². The lowest BCUT2D eigenvalue weighted by atomic mass is 10.1. The quantitative estimate of drug-likeness (QED) is 0.205. The predicted octanol–water partition coefficient (Wildman–Crippen LogP) is 8.11. The third-order valence-electron chi connectivity index (χ3n) is 6.99. The average molecular weight is 643 g/mol. The van der Waals surface area contributed by atoms with Gasteiger partial charge in [-0.25, -0.2) is 9.98 Å². The van der Waals surface area contributed by atoms with Gasteiger partial charge in [-0.15, -0.1) is 12.3 Å². The van der Waals surface area contributed by atoms with Crippen molar-refractivity contribution in [2.75, 3.05) is 57.8 Å². The molecular weight excluding hydrogens is 580 g/mol. The van der Waals surface area contributed by atoms with Gasteiger partial charge in [0.2, 0.25) is 0 Å². The molecule has 0 bridgehead atoms. The van der Waals surface area contributed by atoms with Crippen LogP contribution in [0.15, 0.2) is 76.5 Å².